The van der Waals surface area contributed by atoms with Gasteiger partial charge in [-0.25, -0.2) is 0 Å². The molecule has 1 aliphatic rings. The molecule has 0 saturated heterocycles. The molecule has 0 aliphatic carbocycles. The first-order chi connectivity index (χ1) is 15.4. The maximum absolute atomic E-state index is 12.8. The van der Waals surface area contributed by atoms with Crippen molar-refractivity contribution in [2.75, 3.05) is 18.5 Å². The summed E-state index contributed by atoms with van der Waals surface area (Å²) in [4.78, 5) is 12.8. The van der Waals surface area contributed by atoms with Crippen LogP contribution in [0.1, 0.15) is 23.1 Å². The number of hydrogen-bond acceptors (Lipinski definition) is 5. The molecule has 4 rings (SSSR count). The largest absolute Gasteiger partial charge is 0.490 e. The highest BCUT2D eigenvalue weighted by Crippen LogP contribution is 2.35. The number of nitrogens with one attached hydrogen (secondary N) is 1. The summed E-state index contributed by atoms with van der Waals surface area (Å²) < 4.78 is 13.1. The second kappa shape index (κ2) is 8.98. The van der Waals surface area contributed by atoms with E-state index in [1.165, 1.54) is 0 Å². The lowest BCUT2D eigenvalue weighted by molar-refractivity contribution is -0.112. The molecule has 7 heteroatoms. The molecule has 0 radical (unpaired) electrons. The van der Waals surface area contributed by atoms with Crippen molar-refractivity contribution in [3.8, 4) is 28.8 Å². The zero-order chi connectivity index (χ0) is 22.7. The fraction of sp³-hybridized carbons (Fsp3) is 0.240. The van der Waals surface area contributed by atoms with Crippen LogP contribution in [0.15, 0.2) is 48.2 Å². The van der Waals surface area contributed by atoms with Gasteiger partial charge in [-0.15, -0.1) is 0 Å². The van der Waals surface area contributed by atoms with E-state index < -0.39 is 5.91 Å². The Morgan fingerprint density at radius 2 is 1.94 bits per heavy atom. The van der Waals surface area contributed by atoms with Crippen molar-refractivity contribution in [3.05, 3.63) is 64.9 Å². The molecule has 0 unspecified atom stereocenters. The Bertz CT molecular complexity index is 1250. The first-order valence-corrected chi connectivity index (χ1v) is 10.4. The van der Waals surface area contributed by atoms with Crippen LogP contribution in [0.3, 0.4) is 0 Å². The second-order valence-electron chi connectivity index (χ2n) is 7.76. The molecule has 162 valence electrons. The van der Waals surface area contributed by atoms with E-state index in [-0.39, 0.29) is 5.57 Å². The predicted molar refractivity (Wildman–Crippen MR) is 122 cm³/mol. The third-order valence-corrected chi connectivity index (χ3v) is 5.17. The number of carbonyl (C=O) groups is 1. The highest BCUT2D eigenvalue weighted by Gasteiger charge is 2.17. The number of aromatic nitrogens is 2. The van der Waals surface area contributed by atoms with Crippen LogP contribution in [0.2, 0.25) is 0 Å². The summed E-state index contributed by atoms with van der Waals surface area (Å²) in [6, 6.07) is 13.4. The van der Waals surface area contributed by atoms with E-state index >= 15 is 0 Å². The van der Waals surface area contributed by atoms with E-state index in [0.29, 0.717) is 41.7 Å². The minimum Gasteiger partial charge on any atom is -0.490 e. The van der Waals surface area contributed by atoms with Crippen LogP contribution >= 0.6 is 0 Å². The average molecular weight is 428 g/mol. The van der Waals surface area contributed by atoms with Gasteiger partial charge in [-0.2, -0.15) is 10.4 Å². The lowest BCUT2D eigenvalue weighted by Gasteiger charge is -2.09. The fourth-order valence-corrected chi connectivity index (χ4v) is 3.59. The van der Waals surface area contributed by atoms with Gasteiger partial charge in [0.1, 0.15) is 11.6 Å². The summed E-state index contributed by atoms with van der Waals surface area (Å²) >= 11 is 0. The van der Waals surface area contributed by atoms with E-state index in [0.717, 1.165) is 23.1 Å². The number of ether oxygens (including phenoxy) is 2. The summed E-state index contributed by atoms with van der Waals surface area (Å²) in [6.45, 7) is 5.11. The molecule has 2 heterocycles. The number of amides is 1. The molecule has 2 aromatic carbocycles. The third-order valence-electron chi connectivity index (χ3n) is 5.17. The number of aryl methyl sites for hydroxylation is 3. The standard InChI is InChI=1S/C25H24N4O3/c1-16-5-7-21(17(2)11-16)27-25(30)19(14-26)12-20-15-29(3)28-24(20)18-6-8-22-23(13-18)32-10-4-9-31-22/h5-8,11-13,15H,4,9-10H2,1-3H3,(H,27,30)/b19-12+. The molecule has 1 N–H and O–H groups in total. The summed E-state index contributed by atoms with van der Waals surface area (Å²) in [5.41, 5.74) is 4.83. The zero-order valence-electron chi connectivity index (χ0n) is 18.3. The van der Waals surface area contributed by atoms with E-state index in [9.17, 15) is 10.1 Å². The molecule has 0 fully saturated rings. The number of carbonyl (C=O) groups excluding carboxylic acids is 1. The molecule has 3 aromatic rings. The second-order valence-corrected chi connectivity index (χ2v) is 7.76. The van der Waals surface area contributed by atoms with Gasteiger partial charge >= 0.3 is 0 Å². The van der Waals surface area contributed by atoms with Crippen LogP contribution in [0, 0.1) is 25.2 Å². The summed E-state index contributed by atoms with van der Waals surface area (Å²) in [5, 5.41) is 17.0. The van der Waals surface area contributed by atoms with Gasteiger partial charge in [0.2, 0.25) is 0 Å². The van der Waals surface area contributed by atoms with Crippen molar-refractivity contribution in [1.29, 1.82) is 5.26 Å². The molecule has 0 spiro atoms. The summed E-state index contributed by atoms with van der Waals surface area (Å²) in [6.07, 6.45) is 4.16. The van der Waals surface area contributed by atoms with Crippen LogP contribution in [-0.4, -0.2) is 28.9 Å². The van der Waals surface area contributed by atoms with Crippen molar-refractivity contribution < 1.29 is 14.3 Å². The molecular formula is C25H24N4O3. The van der Waals surface area contributed by atoms with Crippen molar-refractivity contribution in [2.24, 2.45) is 7.05 Å². The number of hydrogen-bond donors (Lipinski definition) is 1. The normalized spacial score (nSPS) is 13.2. The number of anilines is 1. The Labute approximate surface area is 186 Å². The number of nitriles is 1. The maximum atomic E-state index is 12.8. The third kappa shape index (κ3) is 4.49. The molecule has 1 aromatic heterocycles. The van der Waals surface area contributed by atoms with Gasteiger partial charge in [0, 0.05) is 36.5 Å². The molecule has 0 bridgehead atoms. The highest BCUT2D eigenvalue weighted by atomic mass is 16.5. The Morgan fingerprint density at radius 3 is 2.69 bits per heavy atom. The first-order valence-electron chi connectivity index (χ1n) is 10.4. The Balaban J connectivity index is 1.66. The van der Waals surface area contributed by atoms with Crippen LogP contribution in [0.4, 0.5) is 5.69 Å². The highest BCUT2D eigenvalue weighted by molar-refractivity contribution is 6.10. The molecule has 7 nitrogen and oxygen atoms in total. The molecule has 32 heavy (non-hydrogen) atoms. The van der Waals surface area contributed by atoms with Gasteiger partial charge in [-0.3, -0.25) is 9.48 Å². The maximum Gasteiger partial charge on any atom is 0.266 e. The van der Waals surface area contributed by atoms with Crippen LogP contribution in [0.25, 0.3) is 17.3 Å². The van der Waals surface area contributed by atoms with Crippen molar-refractivity contribution in [3.63, 3.8) is 0 Å². The summed E-state index contributed by atoms with van der Waals surface area (Å²) in [5.74, 6) is 0.895. The van der Waals surface area contributed by atoms with Gasteiger partial charge in [-0.05, 0) is 49.8 Å². The van der Waals surface area contributed by atoms with E-state index in [1.54, 1.807) is 24.0 Å². The monoisotopic (exact) mass is 428 g/mol. The van der Waals surface area contributed by atoms with Crippen molar-refractivity contribution in [1.82, 2.24) is 9.78 Å². The lowest BCUT2D eigenvalue weighted by atomic mass is 10.0. The molecule has 1 aliphatic heterocycles. The number of benzene rings is 2. The minimum atomic E-state index is -0.465. The predicted octanol–water partition coefficient (Wildman–Crippen LogP) is 4.41. The van der Waals surface area contributed by atoms with E-state index in [2.05, 4.69) is 10.4 Å². The molecule has 0 saturated carbocycles. The van der Waals surface area contributed by atoms with Gasteiger partial charge in [-0.1, -0.05) is 17.7 Å². The zero-order valence-corrected chi connectivity index (χ0v) is 18.3. The number of nitrogens with zero attached hydrogens (tertiary/aromatic N) is 3. The lowest BCUT2D eigenvalue weighted by Crippen LogP contribution is -2.14. The van der Waals surface area contributed by atoms with Crippen LogP contribution in [0.5, 0.6) is 11.5 Å². The van der Waals surface area contributed by atoms with Crippen molar-refractivity contribution in [2.45, 2.75) is 20.3 Å². The van der Waals surface area contributed by atoms with Gasteiger partial charge < -0.3 is 14.8 Å². The van der Waals surface area contributed by atoms with Crippen LogP contribution < -0.4 is 14.8 Å². The molecule has 0 atom stereocenters. The molecular weight excluding hydrogens is 404 g/mol. The summed E-state index contributed by atoms with van der Waals surface area (Å²) in [7, 11) is 1.80. The van der Waals surface area contributed by atoms with Crippen molar-refractivity contribution >= 4 is 17.7 Å². The van der Waals surface area contributed by atoms with Gasteiger partial charge in [0.25, 0.3) is 5.91 Å². The van der Waals surface area contributed by atoms with Gasteiger partial charge in [0.15, 0.2) is 11.5 Å². The Hall–Kier alpha value is -4.05. The number of rotatable bonds is 4. The SMILES string of the molecule is Cc1ccc(NC(=O)/C(C#N)=C/c2cn(C)nc2-c2ccc3c(c2)OCCCO3)c(C)c1. The van der Waals surface area contributed by atoms with E-state index in [4.69, 9.17) is 9.47 Å². The smallest absolute Gasteiger partial charge is 0.266 e. The van der Waals surface area contributed by atoms with E-state index in [1.807, 2.05) is 56.3 Å². The minimum absolute atomic E-state index is 0.00596. The van der Waals surface area contributed by atoms with Crippen LogP contribution in [-0.2, 0) is 11.8 Å². The first kappa shape index (κ1) is 21.2. The van der Waals surface area contributed by atoms with Gasteiger partial charge in [0.05, 0.1) is 18.9 Å². The Morgan fingerprint density at radius 1 is 1.16 bits per heavy atom. The quantitative estimate of drug-likeness (QED) is 0.491. The Kier molecular flexibility index (Phi) is 5.95. The number of fused-ring (bicyclic) bond motifs is 1. The topological polar surface area (TPSA) is 89.2 Å². The average Bonchev–Trinajstić information content (AvgIpc) is 2.98. The molecule has 1 amide bonds. The fourth-order valence-electron chi connectivity index (χ4n) is 3.59.